The van der Waals surface area contributed by atoms with Gasteiger partial charge in [0.25, 0.3) is 0 Å². The zero-order valence-electron chi connectivity index (χ0n) is 17.0. The van der Waals surface area contributed by atoms with Crippen LogP contribution < -0.4 is 15.8 Å². The van der Waals surface area contributed by atoms with Crippen molar-refractivity contribution in [3.63, 3.8) is 0 Å². The van der Waals surface area contributed by atoms with Gasteiger partial charge in [-0.2, -0.15) is 0 Å². The molecule has 0 saturated carbocycles. The van der Waals surface area contributed by atoms with Crippen LogP contribution in [-0.4, -0.2) is 35.5 Å². The number of nitrogens with one attached hydrogen (secondary N) is 1. The second-order valence-electron chi connectivity index (χ2n) is 7.25. The quantitative estimate of drug-likeness (QED) is 0.286. The lowest BCUT2D eigenvalue weighted by Gasteiger charge is -2.14. The first-order chi connectivity index (χ1) is 13.2. The van der Waals surface area contributed by atoms with Crippen LogP contribution in [0.25, 0.3) is 0 Å². The summed E-state index contributed by atoms with van der Waals surface area (Å²) in [5.41, 5.74) is 7.35. The predicted octanol–water partition coefficient (Wildman–Crippen LogP) is 2.89. The van der Waals surface area contributed by atoms with Crippen LogP contribution in [0.3, 0.4) is 0 Å². The second-order valence-corrected chi connectivity index (χ2v) is 7.25. The topological polar surface area (TPSA) is 119 Å². The van der Waals surface area contributed by atoms with E-state index in [9.17, 15) is 14.4 Å². The molecule has 1 amide bonds. The smallest absolute Gasteiger partial charge is 0.326 e. The Balaban J connectivity index is 2.44. The molecule has 1 rings (SSSR count). The molecule has 0 fully saturated rings. The first-order valence-electron chi connectivity index (χ1n) is 9.78. The molecule has 0 aliphatic heterocycles. The molecule has 1 aromatic rings. The Labute approximate surface area is 166 Å². The highest BCUT2D eigenvalue weighted by Crippen LogP contribution is 2.24. The number of carboxylic acids is 1. The molecule has 0 bridgehead atoms. The van der Waals surface area contributed by atoms with Crippen molar-refractivity contribution < 1.29 is 24.2 Å². The largest absolute Gasteiger partial charge is 0.480 e. The summed E-state index contributed by atoms with van der Waals surface area (Å²) in [5, 5.41) is 11.7. The van der Waals surface area contributed by atoms with E-state index in [1.54, 1.807) is 0 Å². The number of nitrogens with two attached hydrogens (primary N) is 1. The third kappa shape index (κ3) is 8.52. The van der Waals surface area contributed by atoms with Crippen molar-refractivity contribution in [2.24, 2.45) is 5.73 Å². The minimum absolute atomic E-state index is 0.0702. The van der Waals surface area contributed by atoms with Crippen LogP contribution in [0.15, 0.2) is 18.2 Å². The fourth-order valence-electron chi connectivity index (χ4n) is 2.67. The van der Waals surface area contributed by atoms with Crippen molar-refractivity contribution in [1.29, 1.82) is 0 Å². The maximum atomic E-state index is 12.1. The number of carbonyl (C=O) groups excluding carboxylic acids is 2. The van der Waals surface area contributed by atoms with Gasteiger partial charge in [0.15, 0.2) is 0 Å². The van der Waals surface area contributed by atoms with E-state index >= 15 is 0 Å². The lowest BCUT2D eigenvalue weighted by atomic mass is 10.0. The summed E-state index contributed by atoms with van der Waals surface area (Å²) in [6.45, 7) is 6.49. The normalized spacial score (nSPS) is 11.9. The van der Waals surface area contributed by atoms with Crippen LogP contribution in [-0.2, 0) is 14.4 Å². The number of carbonyl (C=O) groups is 3. The fraction of sp³-hybridized carbons (Fsp3) is 0.571. The summed E-state index contributed by atoms with van der Waals surface area (Å²) in [6.07, 6.45) is 2.14. The Morgan fingerprint density at radius 1 is 1.14 bits per heavy atom. The highest BCUT2D eigenvalue weighted by molar-refractivity contribution is 5.83. The van der Waals surface area contributed by atoms with Gasteiger partial charge in [-0.25, -0.2) is 4.79 Å². The molecular formula is C21H32N2O5. The summed E-state index contributed by atoms with van der Waals surface area (Å²) in [5.74, 6) is -0.994. The Hall–Kier alpha value is -2.41. The molecular weight excluding hydrogens is 360 g/mol. The van der Waals surface area contributed by atoms with Gasteiger partial charge in [-0.05, 0) is 62.3 Å². The lowest BCUT2D eigenvalue weighted by Crippen LogP contribution is -2.40. The summed E-state index contributed by atoms with van der Waals surface area (Å²) >= 11 is 0. The van der Waals surface area contributed by atoms with Gasteiger partial charge in [0.2, 0.25) is 5.91 Å². The standard InChI is InChI=1S/C21H32N2O5/c1-14(2)16-11-10-15(3)18(13-16)28-20(25)9-6-8-19(24)23-17(21(26)27)7-4-5-12-22/h10-11,13-14,17H,4-9,12,22H2,1-3H3,(H,23,24)(H,26,27)/t17-/m0/s1. The maximum absolute atomic E-state index is 12.1. The average molecular weight is 392 g/mol. The summed E-state index contributed by atoms with van der Waals surface area (Å²) in [7, 11) is 0. The van der Waals surface area contributed by atoms with Crippen molar-refractivity contribution in [3.05, 3.63) is 29.3 Å². The van der Waals surface area contributed by atoms with Crippen molar-refractivity contribution in [3.8, 4) is 5.75 Å². The van der Waals surface area contributed by atoms with E-state index in [0.29, 0.717) is 43.9 Å². The Morgan fingerprint density at radius 3 is 2.46 bits per heavy atom. The molecule has 0 radical (unpaired) electrons. The number of carboxylic acid groups (broad SMARTS) is 1. The van der Waals surface area contributed by atoms with Crippen molar-refractivity contribution >= 4 is 17.8 Å². The minimum atomic E-state index is -1.06. The molecule has 0 heterocycles. The van der Waals surface area contributed by atoms with Gasteiger partial charge in [-0.3, -0.25) is 9.59 Å². The van der Waals surface area contributed by atoms with Crippen LogP contribution in [0.2, 0.25) is 0 Å². The molecule has 0 aliphatic rings. The molecule has 0 aliphatic carbocycles. The van der Waals surface area contributed by atoms with Gasteiger partial charge in [0, 0.05) is 12.8 Å². The van der Waals surface area contributed by atoms with Gasteiger partial charge in [-0.1, -0.05) is 26.0 Å². The highest BCUT2D eigenvalue weighted by atomic mass is 16.5. The number of hydrogen-bond acceptors (Lipinski definition) is 5. The van der Waals surface area contributed by atoms with Crippen molar-refractivity contribution in [2.45, 2.75) is 71.3 Å². The zero-order valence-corrected chi connectivity index (χ0v) is 17.0. The van der Waals surface area contributed by atoms with Crippen molar-refractivity contribution in [2.75, 3.05) is 6.54 Å². The van der Waals surface area contributed by atoms with Gasteiger partial charge in [0.1, 0.15) is 11.8 Å². The summed E-state index contributed by atoms with van der Waals surface area (Å²) in [6, 6.07) is 4.87. The number of amides is 1. The number of aliphatic carboxylic acids is 1. The zero-order chi connectivity index (χ0) is 21.1. The number of benzene rings is 1. The molecule has 1 aromatic carbocycles. The number of hydrogen-bond donors (Lipinski definition) is 3. The number of esters is 1. The average Bonchev–Trinajstić information content (AvgIpc) is 2.62. The molecule has 0 unspecified atom stereocenters. The van der Waals surface area contributed by atoms with E-state index in [1.165, 1.54) is 0 Å². The number of ether oxygens (including phenoxy) is 1. The summed E-state index contributed by atoms with van der Waals surface area (Å²) in [4.78, 5) is 35.2. The Morgan fingerprint density at radius 2 is 1.86 bits per heavy atom. The fourth-order valence-corrected chi connectivity index (χ4v) is 2.67. The molecule has 28 heavy (non-hydrogen) atoms. The first kappa shape index (κ1) is 23.6. The van der Waals surface area contributed by atoms with E-state index in [2.05, 4.69) is 19.2 Å². The third-order valence-electron chi connectivity index (χ3n) is 4.47. The molecule has 4 N–H and O–H groups in total. The molecule has 0 spiro atoms. The Kier molecular flexibility index (Phi) is 10.2. The van der Waals surface area contributed by atoms with E-state index in [1.807, 2.05) is 25.1 Å². The predicted molar refractivity (Wildman–Crippen MR) is 107 cm³/mol. The first-order valence-corrected chi connectivity index (χ1v) is 9.78. The second kappa shape index (κ2) is 12.1. The highest BCUT2D eigenvalue weighted by Gasteiger charge is 2.19. The minimum Gasteiger partial charge on any atom is -0.480 e. The van der Waals surface area contributed by atoms with Crippen LogP contribution in [0.4, 0.5) is 0 Å². The maximum Gasteiger partial charge on any atom is 0.326 e. The monoisotopic (exact) mass is 392 g/mol. The molecule has 0 saturated heterocycles. The Bertz CT molecular complexity index is 673. The van der Waals surface area contributed by atoms with E-state index in [-0.39, 0.29) is 18.7 Å². The number of unbranched alkanes of at least 4 members (excludes halogenated alkanes) is 1. The van der Waals surface area contributed by atoms with Gasteiger partial charge in [0.05, 0.1) is 0 Å². The van der Waals surface area contributed by atoms with Crippen LogP contribution in [0.5, 0.6) is 5.75 Å². The molecule has 1 atom stereocenters. The van der Waals surface area contributed by atoms with E-state index in [4.69, 9.17) is 15.6 Å². The van der Waals surface area contributed by atoms with Crippen LogP contribution >= 0.6 is 0 Å². The SMILES string of the molecule is Cc1ccc(C(C)C)cc1OC(=O)CCCC(=O)N[C@@H](CCCCN)C(=O)O. The van der Waals surface area contributed by atoms with Gasteiger partial charge >= 0.3 is 11.9 Å². The van der Waals surface area contributed by atoms with E-state index in [0.717, 1.165) is 11.1 Å². The van der Waals surface area contributed by atoms with E-state index < -0.39 is 18.0 Å². The molecule has 0 aromatic heterocycles. The van der Waals surface area contributed by atoms with Crippen molar-refractivity contribution in [1.82, 2.24) is 5.32 Å². The third-order valence-corrected chi connectivity index (χ3v) is 4.47. The number of aryl methyl sites for hydroxylation is 1. The van der Waals surface area contributed by atoms with Crippen LogP contribution in [0, 0.1) is 6.92 Å². The lowest BCUT2D eigenvalue weighted by molar-refractivity contribution is -0.142. The number of rotatable bonds is 12. The van der Waals surface area contributed by atoms with Gasteiger partial charge < -0.3 is 20.9 Å². The molecule has 156 valence electrons. The van der Waals surface area contributed by atoms with Crippen LogP contribution in [0.1, 0.15) is 69.4 Å². The summed E-state index contributed by atoms with van der Waals surface area (Å²) < 4.78 is 5.43. The van der Waals surface area contributed by atoms with Gasteiger partial charge in [-0.15, -0.1) is 0 Å². The molecule has 7 nitrogen and oxygen atoms in total. The molecule has 7 heteroatoms.